The number of rotatable bonds is 15. The van der Waals surface area contributed by atoms with Crippen molar-refractivity contribution in [2.45, 2.75) is 71.1 Å². The van der Waals surface area contributed by atoms with E-state index in [0.717, 1.165) is 57.0 Å². The van der Waals surface area contributed by atoms with Crippen molar-refractivity contribution in [3.63, 3.8) is 0 Å². The van der Waals surface area contributed by atoms with Crippen molar-refractivity contribution in [2.75, 3.05) is 38.9 Å². The van der Waals surface area contributed by atoms with E-state index >= 15 is 0 Å². The number of carbonyl (C=O) groups excluding carboxylic acids is 2. The molecule has 0 heterocycles. The van der Waals surface area contributed by atoms with Crippen LogP contribution in [0.3, 0.4) is 0 Å². The van der Waals surface area contributed by atoms with Crippen LogP contribution in [0.1, 0.15) is 86.9 Å². The summed E-state index contributed by atoms with van der Waals surface area (Å²) < 4.78 is 43.4. The summed E-state index contributed by atoms with van der Waals surface area (Å²) in [6.07, 6.45) is 8.44. The van der Waals surface area contributed by atoms with Crippen molar-refractivity contribution in [1.29, 1.82) is 0 Å². The molecule has 0 fully saturated rings. The van der Waals surface area contributed by atoms with E-state index in [-0.39, 0.29) is 16.0 Å². The summed E-state index contributed by atoms with van der Waals surface area (Å²) in [7, 11) is -1.87. The molecular formula is C24H41O7PS. The van der Waals surface area contributed by atoms with Gasteiger partial charge in [-0.05, 0) is 0 Å². The van der Waals surface area contributed by atoms with E-state index in [1.807, 2.05) is 6.92 Å². The fraction of sp³-hybridized carbons (Fsp3) is 0.667. The van der Waals surface area contributed by atoms with Gasteiger partial charge in [0.15, 0.2) is 0 Å². The van der Waals surface area contributed by atoms with Crippen molar-refractivity contribution in [1.82, 2.24) is 0 Å². The van der Waals surface area contributed by atoms with Gasteiger partial charge >= 0.3 is 200 Å². The third-order valence-corrected chi connectivity index (χ3v) is 15.6. The van der Waals surface area contributed by atoms with Gasteiger partial charge < -0.3 is 0 Å². The molecular weight excluding hydrogens is 463 g/mol. The van der Waals surface area contributed by atoms with Crippen LogP contribution in [-0.4, -0.2) is 59.2 Å². The van der Waals surface area contributed by atoms with Crippen LogP contribution in [0.2, 0.25) is 0 Å². The zero-order valence-corrected chi connectivity index (χ0v) is 22.7. The molecule has 1 aromatic carbocycles. The monoisotopic (exact) mass is 504 g/mol. The predicted molar refractivity (Wildman–Crippen MR) is 134 cm³/mol. The van der Waals surface area contributed by atoms with Crippen LogP contribution >= 0.6 is 6.83 Å². The summed E-state index contributed by atoms with van der Waals surface area (Å²) in [6, 6.07) is 3.70. The fourth-order valence-corrected chi connectivity index (χ4v) is 13.6. The molecule has 0 N–H and O–H groups in total. The van der Waals surface area contributed by atoms with Crippen LogP contribution in [0.25, 0.3) is 0 Å². The van der Waals surface area contributed by atoms with Crippen LogP contribution in [0.4, 0.5) is 0 Å². The Balaban J connectivity index is 3.70. The number of hydrogen-bond donors (Lipinski definition) is 0. The molecule has 190 valence electrons. The zero-order valence-electron chi connectivity index (χ0n) is 21.0. The SMILES string of the molecule is CCCCP(CC)(CCCC)(CCCC)OS(=O)(=O)c1cc(C(=O)OC)cc(C(=O)OC)c1. The summed E-state index contributed by atoms with van der Waals surface area (Å²) in [4.78, 5) is 24.1. The molecule has 0 radical (unpaired) electrons. The first-order valence-corrected chi connectivity index (χ1v) is 16.1. The number of ether oxygens (including phenoxy) is 2. The van der Waals surface area contributed by atoms with Gasteiger partial charge in [0.2, 0.25) is 0 Å². The quantitative estimate of drug-likeness (QED) is 0.218. The molecule has 9 heteroatoms. The Bertz CT molecular complexity index is 853. The van der Waals surface area contributed by atoms with E-state index < -0.39 is 28.9 Å². The maximum atomic E-state index is 13.7. The van der Waals surface area contributed by atoms with Gasteiger partial charge in [-0.2, -0.15) is 0 Å². The molecule has 0 unspecified atom stereocenters. The third kappa shape index (κ3) is 7.49. The Kier molecular flexibility index (Phi) is 11.5. The molecule has 0 aliphatic rings. The average Bonchev–Trinajstić information content (AvgIpc) is 2.83. The topological polar surface area (TPSA) is 96.0 Å². The average molecular weight is 505 g/mol. The standard InChI is InChI=1S/C24H41O7PS/c1-7-11-14-32(10-4,15-12-8-2,16-13-9-3)31-33(27,28)22-18-20(23(25)29-5)17-21(19-22)24(26)30-6/h17-19H,7-16H2,1-6H3. The van der Waals surface area contributed by atoms with Crippen molar-refractivity contribution in [3.05, 3.63) is 29.3 Å². The minimum absolute atomic E-state index is 0.0462. The van der Waals surface area contributed by atoms with Crippen LogP contribution in [0.5, 0.6) is 0 Å². The van der Waals surface area contributed by atoms with E-state index in [4.69, 9.17) is 13.4 Å². The summed E-state index contributed by atoms with van der Waals surface area (Å²) in [5, 5.41) is 0. The molecule has 1 aromatic rings. The molecule has 0 amide bonds. The number of unbranched alkanes of at least 4 members (excludes halogenated alkanes) is 3. The van der Waals surface area contributed by atoms with Crippen molar-refractivity contribution in [2.24, 2.45) is 0 Å². The van der Waals surface area contributed by atoms with Gasteiger partial charge in [-0.3, -0.25) is 0 Å². The van der Waals surface area contributed by atoms with Gasteiger partial charge in [0.1, 0.15) is 0 Å². The molecule has 0 spiro atoms. The van der Waals surface area contributed by atoms with E-state index in [0.29, 0.717) is 6.16 Å². The summed E-state index contributed by atoms with van der Waals surface area (Å²) in [6.45, 7) is 5.20. The van der Waals surface area contributed by atoms with Gasteiger partial charge in [0, 0.05) is 0 Å². The Labute approximate surface area is 199 Å². The van der Waals surface area contributed by atoms with Gasteiger partial charge in [-0.1, -0.05) is 0 Å². The zero-order chi connectivity index (χ0) is 25.1. The number of methoxy groups -OCH3 is 2. The van der Waals surface area contributed by atoms with Crippen LogP contribution in [-0.2, 0) is 23.6 Å². The second-order valence-corrected chi connectivity index (χ2v) is 16.3. The van der Waals surface area contributed by atoms with E-state index in [9.17, 15) is 18.0 Å². The molecule has 0 aliphatic heterocycles. The molecule has 0 atom stereocenters. The molecule has 0 aromatic heterocycles. The predicted octanol–water partition coefficient (Wildman–Crippen LogP) is 5.85. The maximum absolute atomic E-state index is 13.7. The minimum atomic E-state index is -4.27. The Morgan fingerprint density at radius 1 is 0.758 bits per heavy atom. The van der Waals surface area contributed by atoms with Crippen molar-refractivity contribution < 1.29 is 31.5 Å². The first-order valence-electron chi connectivity index (χ1n) is 11.8. The molecule has 0 saturated carbocycles. The van der Waals surface area contributed by atoms with Gasteiger partial charge in [0.25, 0.3) is 0 Å². The normalized spacial score (nSPS) is 13.2. The summed E-state index contributed by atoms with van der Waals surface area (Å²) >= 11 is 0. The van der Waals surface area contributed by atoms with Gasteiger partial charge in [-0.25, -0.2) is 0 Å². The van der Waals surface area contributed by atoms with Gasteiger partial charge in [-0.15, -0.1) is 0 Å². The summed E-state index contributed by atoms with van der Waals surface area (Å²) in [5.41, 5.74) is -0.0925. The van der Waals surface area contributed by atoms with Gasteiger partial charge in [0.05, 0.1) is 0 Å². The first kappa shape index (κ1) is 29.5. The molecule has 0 aliphatic carbocycles. The molecule has 33 heavy (non-hydrogen) atoms. The summed E-state index contributed by atoms with van der Waals surface area (Å²) in [5.74, 6) is -1.48. The second kappa shape index (κ2) is 12.8. The first-order chi connectivity index (χ1) is 15.6. The second-order valence-electron chi connectivity index (χ2n) is 8.66. The van der Waals surface area contributed by atoms with Crippen molar-refractivity contribution >= 4 is 28.9 Å². The molecule has 1 rings (SSSR count). The molecule has 0 bridgehead atoms. The number of carbonyl (C=O) groups is 2. The van der Waals surface area contributed by atoms with Crippen molar-refractivity contribution in [3.8, 4) is 0 Å². The van der Waals surface area contributed by atoms with Crippen LogP contribution in [0.15, 0.2) is 23.1 Å². The van der Waals surface area contributed by atoms with E-state index in [1.54, 1.807) is 0 Å². The van der Waals surface area contributed by atoms with Crippen LogP contribution < -0.4 is 0 Å². The number of benzene rings is 1. The molecule has 7 nitrogen and oxygen atoms in total. The van der Waals surface area contributed by atoms with Crippen LogP contribution in [0, 0.1) is 0 Å². The third-order valence-electron chi connectivity index (χ3n) is 6.38. The Hall–Kier alpha value is -1.50. The number of hydrogen-bond acceptors (Lipinski definition) is 7. The fourth-order valence-electron chi connectivity index (χ4n) is 4.18. The molecule has 0 saturated heterocycles. The van der Waals surface area contributed by atoms with E-state index in [2.05, 4.69) is 20.8 Å². The Morgan fingerprint density at radius 3 is 1.45 bits per heavy atom. The Morgan fingerprint density at radius 2 is 1.15 bits per heavy atom. The van der Waals surface area contributed by atoms with E-state index in [1.165, 1.54) is 32.4 Å². The number of esters is 2.